The third-order valence-corrected chi connectivity index (χ3v) is 4.60. The van der Waals surface area contributed by atoms with Crippen molar-refractivity contribution in [3.05, 3.63) is 29.0 Å². The van der Waals surface area contributed by atoms with Crippen LogP contribution in [0.4, 0.5) is 10.1 Å². The molecule has 2 N–H and O–H groups in total. The zero-order valence-corrected chi connectivity index (χ0v) is 16.4. The van der Waals surface area contributed by atoms with Crippen molar-refractivity contribution in [3.63, 3.8) is 0 Å². The topological polar surface area (TPSA) is 61.4 Å². The summed E-state index contributed by atoms with van der Waals surface area (Å²) in [6.45, 7) is 10.2. The van der Waals surface area contributed by atoms with Gasteiger partial charge in [-0.2, -0.15) is 0 Å². The minimum absolute atomic E-state index is 0.0485. The molecular formula is C18H27ClFN3O2. The number of benzene rings is 1. The average Bonchev–Trinajstić information content (AvgIpc) is 2.49. The molecule has 0 spiro atoms. The predicted molar refractivity (Wildman–Crippen MR) is 99.2 cm³/mol. The molecule has 0 radical (unpaired) electrons. The molecule has 1 unspecified atom stereocenters. The number of anilines is 1. The summed E-state index contributed by atoms with van der Waals surface area (Å²) in [5, 5.41) is 4.99. The van der Waals surface area contributed by atoms with Crippen molar-refractivity contribution in [2.75, 3.05) is 12.4 Å². The summed E-state index contributed by atoms with van der Waals surface area (Å²) in [7, 11) is 2.03. The van der Waals surface area contributed by atoms with Crippen LogP contribution >= 0.6 is 11.6 Å². The highest BCUT2D eigenvalue weighted by Crippen LogP contribution is 2.21. The second kappa shape index (κ2) is 8.63. The quantitative estimate of drug-likeness (QED) is 0.753. The van der Waals surface area contributed by atoms with Gasteiger partial charge >= 0.3 is 11.8 Å². The second-order valence-electron chi connectivity index (χ2n) is 7.18. The number of amides is 2. The molecule has 2 amide bonds. The molecule has 0 heterocycles. The van der Waals surface area contributed by atoms with E-state index in [4.69, 9.17) is 11.6 Å². The Hall–Kier alpha value is -1.66. The number of hydrogen-bond acceptors (Lipinski definition) is 3. The fraction of sp³-hybridized carbons (Fsp3) is 0.556. The maximum atomic E-state index is 13.4. The third-order valence-electron chi connectivity index (χ3n) is 4.30. The molecule has 1 aromatic rings. The van der Waals surface area contributed by atoms with Crippen LogP contribution in [0.1, 0.15) is 41.0 Å². The van der Waals surface area contributed by atoms with E-state index >= 15 is 0 Å². The lowest BCUT2D eigenvalue weighted by molar-refractivity contribution is -0.136. The number of halogens is 2. The van der Waals surface area contributed by atoms with E-state index in [9.17, 15) is 14.0 Å². The number of nitrogens with zero attached hydrogens (tertiary/aromatic N) is 1. The predicted octanol–water partition coefficient (Wildman–Crippen LogP) is 3.43. The van der Waals surface area contributed by atoms with Crippen molar-refractivity contribution >= 4 is 29.1 Å². The van der Waals surface area contributed by atoms with Crippen molar-refractivity contribution in [2.24, 2.45) is 0 Å². The largest absolute Gasteiger partial charge is 0.345 e. The van der Waals surface area contributed by atoms with Crippen molar-refractivity contribution in [1.29, 1.82) is 0 Å². The van der Waals surface area contributed by atoms with Crippen LogP contribution in [0.5, 0.6) is 0 Å². The van der Waals surface area contributed by atoms with Crippen LogP contribution in [0, 0.1) is 5.82 Å². The summed E-state index contributed by atoms with van der Waals surface area (Å²) in [4.78, 5) is 26.2. The van der Waals surface area contributed by atoms with E-state index in [2.05, 4.69) is 43.2 Å². The van der Waals surface area contributed by atoms with Gasteiger partial charge < -0.3 is 10.6 Å². The van der Waals surface area contributed by atoms with E-state index in [1.807, 2.05) is 14.0 Å². The number of rotatable bonds is 6. The van der Waals surface area contributed by atoms with E-state index in [0.29, 0.717) is 12.5 Å². The van der Waals surface area contributed by atoms with Crippen LogP contribution in [0.2, 0.25) is 5.02 Å². The second-order valence-corrected chi connectivity index (χ2v) is 7.59. The van der Waals surface area contributed by atoms with E-state index in [1.165, 1.54) is 12.1 Å². The molecule has 0 fully saturated rings. The van der Waals surface area contributed by atoms with Crippen molar-refractivity contribution < 1.29 is 14.0 Å². The molecule has 0 aliphatic carbocycles. The number of carbonyl (C=O) groups is 2. The van der Waals surface area contributed by atoms with Crippen LogP contribution in [0.3, 0.4) is 0 Å². The Morgan fingerprint density at radius 1 is 1.24 bits per heavy atom. The monoisotopic (exact) mass is 371 g/mol. The van der Waals surface area contributed by atoms with Gasteiger partial charge in [-0.1, -0.05) is 11.6 Å². The van der Waals surface area contributed by atoms with Crippen LogP contribution in [-0.4, -0.2) is 41.4 Å². The lowest BCUT2D eigenvalue weighted by Gasteiger charge is -2.40. The van der Waals surface area contributed by atoms with Gasteiger partial charge in [0.05, 0.1) is 5.02 Å². The Morgan fingerprint density at radius 2 is 1.84 bits per heavy atom. The molecule has 25 heavy (non-hydrogen) atoms. The molecule has 0 saturated heterocycles. The van der Waals surface area contributed by atoms with Gasteiger partial charge in [0.25, 0.3) is 0 Å². The van der Waals surface area contributed by atoms with Crippen LogP contribution in [0.25, 0.3) is 0 Å². The Bertz CT molecular complexity index is 635. The zero-order chi connectivity index (χ0) is 19.4. The minimum Gasteiger partial charge on any atom is -0.345 e. The molecule has 140 valence electrons. The number of carbonyl (C=O) groups excluding carboxylic acids is 2. The Morgan fingerprint density at radius 3 is 2.36 bits per heavy atom. The summed E-state index contributed by atoms with van der Waals surface area (Å²) in [5.41, 5.74) is 0.0333. The fourth-order valence-corrected chi connectivity index (χ4v) is 2.81. The van der Waals surface area contributed by atoms with Crippen LogP contribution < -0.4 is 10.6 Å². The molecule has 0 aromatic heterocycles. The minimum atomic E-state index is -0.844. The molecule has 5 nitrogen and oxygen atoms in total. The lowest BCUT2D eigenvalue weighted by atomic mass is 9.93. The molecule has 0 saturated carbocycles. The van der Waals surface area contributed by atoms with Gasteiger partial charge in [-0.25, -0.2) is 4.39 Å². The molecular weight excluding hydrogens is 345 g/mol. The van der Waals surface area contributed by atoms with E-state index in [-0.39, 0.29) is 22.3 Å². The van der Waals surface area contributed by atoms with E-state index in [0.717, 1.165) is 6.07 Å². The van der Waals surface area contributed by atoms with Gasteiger partial charge in [-0.05, 0) is 66.3 Å². The maximum Gasteiger partial charge on any atom is 0.313 e. The van der Waals surface area contributed by atoms with Gasteiger partial charge in [-0.15, -0.1) is 0 Å². The van der Waals surface area contributed by atoms with Crippen LogP contribution in [-0.2, 0) is 9.59 Å². The SMILES string of the molecule is CC(CC(C)(C)N(C)C(C)C)NC(=O)C(=O)Nc1ccc(Cl)c(F)c1. The molecule has 0 aliphatic heterocycles. The molecule has 1 aromatic carbocycles. The van der Waals surface area contributed by atoms with Gasteiger partial charge in [0.2, 0.25) is 0 Å². The molecule has 1 atom stereocenters. The summed E-state index contributed by atoms with van der Waals surface area (Å²) < 4.78 is 13.4. The van der Waals surface area contributed by atoms with Gasteiger partial charge in [0.1, 0.15) is 5.82 Å². The highest BCUT2D eigenvalue weighted by Gasteiger charge is 2.28. The Kier molecular flexibility index (Phi) is 7.38. The lowest BCUT2D eigenvalue weighted by Crippen LogP contribution is -2.50. The Labute approximate surface area is 153 Å². The normalized spacial score (nSPS) is 13.0. The highest BCUT2D eigenvalue weighted by atomic mass is 35.5. The third kappa shape index (κ3) is 6.29. The smallest absolute Gasteiger partial charge is 0.313 e. The summed E-state index contributed by atoms with van der Waals surface area (Å²) in [5.74, 6) is -2.26. The molecule has 0 aliphatic rings. The molecule has 0 bridgehead atoms. The first-order valence-electron chi connectivity index (χ1n) is 8.24. The van der Waals surface area contributed by atoms with Crippen LogP contribution in [0.15, 0.2) is 18.2 Å². The Balaban J connectivity index is 2.62. The standard InChI is InChI=1S/C18H27ClFN3O2/c1-11(2)23(6)18(4,5)10-12(3)21-16(24)17(25)22-13-7-8-14(19)15(20)9-13/h7-9,11-12H,10H2,1-6H3,(H,21,24)(H,22,25). The van der Waals surface area contributed by atoms with Gasteiger partial charge in [0, 0.05) is 23.3 Å². The molecule has 7 heteroatoms. The van der Waals surface area contributed by atoms with E-state index < -0.39 is 17.6 Å². The first-order valence-corrected chi connectivity index (χ1v) is 8.61. The summed E-state index contributed by atoms with van der Waals surface area (Å²) in [6.07, 6.45) is 0.677. The van der Waals surface area contributed by atoms with Crippen molar-refractivity contribution in [1.82, 2.24) is 10.2 Å². The highest BCUT2D eigenvalue weighted by molar-refractivity contribution is 6.39. The van der Waals surface area contributed by atoms with Crippen molar-refractivity contribution in [3.8, 4) is 0 Å². The van der Waals surface area contributed by atoms with Gasteiger partial charge in [0.15, 0.2) is 0 Å². The number of hydrogen-bond donors (Lipinski definition) is 2. The first kappa shape index (κ1) is 21.4. The number of nitrogens with one attached hydrogen (secondary N) is 2. The zero-order valence-electron chi connectivity index (χ0n) is 15.6. The van der Waals surface area contributed by atoms with E-state index in [1.54, 1.807) is 0 Å². The fourth-order valence-electron chi connectivity index (χ4n) is 2.69. The summed E-state index contributed by atoms with van der Waals surface area (Å²) >= 11 is 5.59. The summed E-state index contributed by atoms with van der Waals surface area (Å²) in [6, 6.07) is 3.98. The van der Waals surface area contributed by atoms with Gasteiger partial charge in [-0.3, -0.25) is 14.5 Å². The first-order chi connectivity index (χ1) is 11.4. The average molecular weight is 372 g/mol. The van der Waals surface area contributed by atoms with Crippen molar-refractivity contribution in [2.45, 2.75) is 58.7 Å². The maximum absolute atomic E-state index is 13.4. The molecule has 1 rings (SSSR count).